The number of aldehydes is 1. The lowest BCUT2D eigenvalue weighted by Crippen LogP contribution is -2.40. The van der Waals surface area contributed by atoms with Gasteiger partial charge >= 0.3 is 0 Å². The molecular formula is C10H10N2O2. The average molecular weight is 190 g/mol. The van der Waals surface area contributed by atoms with Crippen LogP contribution >= 0.6 is 0 Å². The molecule has 72 valence electrons. The zero-order valence-electron chi connectivity index (χ0n) is 7.49. The summed E-state index contributed by atoms with van der Waals surface area (Å²) in [6.07, 6.45) is 0.354. The van der Waals surface area contributed by atoms with Gasteiger partial charge in [-0.15, -0.1) is 0 Å². The van der Waals surface area contributed by atoms with Crippen LogP contribution in [0.1, 0.15) is 0 Å². The van der Waals surface area contributed by atoms with Gasteiger partial charge in [-0.25, -0.2) is 0 Å². The van der Waals surface area contributed by atoms with E-state index in [2.05, 4.69) is 10.6 Å². The van der Waals surface area contributed by atoms with Gasteiger partial charge in [0.15, 0.2) is 6.29 Å². The first kappa shape index (κ1) is 8.74. The van der Waals surface area contributed by atoms with Gasteiger partial charge in [0, 0.05) is 6.54 Å². The molecule has 0 spiro atoms. The first-order valence-electron chi connectivity index (χ1n) is 4.40. The molecule has 2 rings (SSSR count). The number of carbonyl (C=O) groups is 2. The van der Waals surface area contributed by atoms with E-state index in [1.54, 1.807) is 0 Å². The van der Waals surface area contributed by atoms with Gasteiger partial charge in [-0.3, -0.25) is 9.59 Å². The van der Waals surface area contributed by atoms with Gasteiger partial charge < -0.3 is 10.6 Å². The van der Waals surface area contributed by atoms with Crippen LogP contribution in [0.3, 0.4) is 0 Å². The Balaban J connectivity index is 2.21. The number of hydrogen-bond donors (Lipinski definition) is 2. The van der Waals surface area contributed by atoms with Crippen LogP contribution in [0.2, 0.25) is 0 Å². The topological polar surface area (TPSA) is 58.2 Å². The second kappa shape index (κ2) is 3.49. The molecule has 4 heteroatoms. The van der Waals surface area contributed by atoms with Gasteiger partial charge in [0.25, 0.3) is 0 Å². The minimum Gasteiger partial charge on any atom is -0.381 e. The summed E-state index contributed by atoms with van der Waals surface area (Å²) in [5.74, 6) is -0.424. The average Bonchev–Trinajstić information content (AvgIpc) is 2.27. The normalized spacial score (nSPS) is 18.7. The number of fused-ring (bicyclic) bond motifs is 1. The Kier molecular flexibility index (Phi) is 2.18. The summed E-state index contributed by atoms with van der Waals surface area (Å²) in [5.41, 5.74) is 1.82. The SMILES string of the molecule is O=CC(=O)C1CNc2ccccc2N1. The summed E-state index contributed by atoms with van der Waals surface area (Å²) < 4.78 is 0. The molecular weight excluding hydrogens is 180 g/mol. The fraction of sp³-hybridized carbons (Fsp3) is 0.200. The summed E-state index contributed by atoms with van der Waals surface area (Å²) in [6, 6.07) is 7.13. The highest BCUT2D eigenvalue weighted by atomic mass is 16.2. The van der Waals surface area contributed by atoms with Crippen molar-refractivity contribution in [1.82, 2.24) is 0 Å². The summed E-state index contributed by atoms with van der Waals surface area (Å²) in [7, 11) is 0. The molecule has 4 nitrogen and oxygen atoms in total. The van der Waals surface area contributed by atoms with Crippen LogP contribution in [0.15, 0.2) is 24.3 Å². The van der Waals surface area contributed by atoms with Crippen LogP contribution in [0.4, 0.5) is 11.4 Å². The number of benzene rings is 1. The van der Waals surface area contributed by atoms with E-state index >= 15 is 0 Å². The molecule has 1 heterocycles. The molecule has 1 atom stereocenters. The lowest BCUT2D eigenvalue weighted by atomic mass is 10.1. The highest BCUT2D eigenvalue weighted by Gasteiger charge is 2.22. The van der Waals surface area contributed by atoms with Crippen molar-refractivity contribution in [2.75, 3.05) is 17.2 Å². The van der Waals surface area contributed by atoms with E-state index in [1.807, 2.05) is 24.3 Å². The lowest BCUT2D eigenvalue weighted by molar-refractivity contribution is -0.130. The number of hydrogen-bond acceptors (Lipinski definition) is 4. The second-order valence-electron chi connectivity index (χ2n) is 3.14. The molecule has 2 N–H and O–H groups in total. The van der Waals surface area contributed by atoms with Gasteiger partial charge in [0.1, 0.15) is 6.04 Å². The molecule has 0 amide bonds. The zero-order chi connectivity index (χ0) is 9.97. The van der Waals surface area contributed by atoms with Gasteiger partial charge in [-0.1, -0.05) is 12.1 Å². The quantitative estimate of drug-likeness (QED) is 0.531. The highest BCUT2D eigenvalue weighted by Crippen LogP contribution is 2.24. The summed E-state index contributed by atoms with van der Waals surface area (Å²) in [5, 5.41) is 6.09. The van der Waals surface area contributed by atoms with Crippen LogP contribution in [0.25, 0.3) is 0 Å². The molecule has 0 aliphatic carbocycles. The van der Waals surface area contributed by atoms with Crippen LogP contribution in [0, 0.1) is 0 Å². The van der Waals surface area contributed by atoms with Crippen molar-refractivity contribution in [2.24, 2.45) is 0 Å². The van der Waals surface area contributed by atoms with Crippen molar-refractivity contribution in [1.29, 1.82) is 0 Å². The molecule has 1 aliphatic heterocycles. The molecule has 1 unspecified atom stereocenters. The number of anilines is 2. The smallest absolute Gasteiger partial charge is 0.219 e. The van der Waals surface area contributed by atoms with Crippen LogP contribution in [-0.2, 0) is 9.59 Å². The van der Waals surface area contributed by atoms with E-state index in [9.17, 15) is 9.59 Å². The van der Waals surface area contributed by atoms with Gasteiger partial charge in [0.05, 0.1) is 11.4 Å². The van der Waals surface area contributed by atoms with Crippen molar-refractivity contribution < 1.29 is 9.59 Å². The Bertz CT molecular complexity index is 376. The Morgan fingerprint density at radius 1 is 1.36 bits per heavy atom. The summed E-state index contributed by atoms with van der Waals surface area (Å²) in [4.78, 5) is 21.4. The Morgan fingerprint density at radius 2 is 2.07 bits per heavy atom. The lowest BCUT2D eigenvalue weighted by Gasteiger charge is -2.25. The van der Waals surface area contributed by atoms with Crippen molar-refractivity contribution in [3.8, 4) is 0 Å². The monoisotopic (exact) mass is 190 g/mol. The minimum atomic E-state index is -0.442. The van der Waals surface area contributed by atoms with E-state index < -0.39 is 11.8 Å². The Labute approximate surface area is 81.3 Å². The number of carbonyl (C=O) groups excluding carboxylic acids is 2. The molecule has 1 aromatic carbocycles. The fourth-order valence-electron chi connectivity index (χ4n) is 1.47. The third-order valence-electron chi connectivity index (χ3n) is 2.21. The predicted molar refractivity (Wildman–Crippen MR) is 53.4 cm³/mol. The van der Waals surface area contributed by atoms with Gasteiger partial charge in [-0.2, -0.15) is 0 Å². The highest BCUT2D eigenvalue weighted by molar-refractivity contribution is 6.28. The maximum atomic E-state index is 11.1. The summed E-state index contributed by atoms with van der Waals surface area (Å²) >= 11 is 0. The van der Waals surface area contributed by atoms with E-state index in [4.69, 9.17) is 0 Å². The third-order valence-corrected chi connectivity index (χ3v) is 2.21. The maximum Gasteiger partial charge on any atom is 0.219 e. The fourth-order valence-corrected chi connectivity index (χ4v) is 1.47. The number of ketones is 1. The number of para-hydroxylation sites is 2. The molecule has 0 bridgehead atoms. The van der Waals surface area contributed by atoms with Crippen LogP contribution < -0.4 is 10.6 Å². The van der Waals surface area contributed by atoms with Crippen molar-refractivity contribution in [3.63, 3.8) is 0 Å². The van der Waals surface area contributed by atoms with E-state index in [1.165, 1.54) is 0 Å². The molecule has 0 saturated carbocycles. The van der Waals surface area contributed by atoms with Crippen molar-refractivity contribution in [3.05, 3.63) is 24.3 Å². The van der Waals surface area contributed by atoms with Gasteiger partial charge in [0.2, 0.25) is 5.78 Å². The van der Waals surface area contributed by atoms with Crippen molar-refractivity contribution >= 4 is 23.4 Å². The molecule has 1 aromatic rings. The largest absolute Gasteiger partial charge is 0.381 e. The van der Waals surface area contributed by atoms with E-state index in [0.717, 1.165) is 11.4 Å². The standard InChI is InChI=1S/C10H10N2O2/c13-6-10(14)9-5-11-7-3-1-2-4-8(7)12-9/h1-4,6,9,11-12H,5H2. The molecule has 0 fully saturated rings. The molecule has 0 aromatic heterocycles. The maximum absolute atomic E-state index is 11.1. The number of rotatable bonds is 2. The van der Waals surface area contributed by atoms with Gasteiger partial charge in [-0.05, 0) is 12.1 Å². The molecule has 14 heavy (non-hydrogen) atoms. The summed E-state index contributed by atoms with van der Waals surface area (Å²) in [6.45, 7) is 0.453. The van der Waals surface area contributed by atoms with Crippen LogP contribution in [-0.4, -0.2) is 24.7 Å². The van der Waals surface area contributed by atoms with Crippen molar-refractivity contribution in [2.45, 2.75) is 6.04 Å². The first-order valence-corrected chi connectivity index (χ1v) is 4.40. The zero-order valence-corrected chi connectivity index (χ0v) is 7.49. The Hall–Kier alpha value is -1.84. The second-order valence-corrected chi connectivity index (χ2v) is 3.14. The Morgan fingerprint density at radius 3 is 2.79 bits per heavy atom. The first-order chi connectivity index (χ1) is 6.81. The number of Topliss-reactive ketones (excluding diaryl/α,β-unsaturated/α-hetero) is 1. The third kappa shape index (κ3) is 1.46. The molecule has 1 aliphatic rings. The number of nitrogens with one attached hydrogen (secondary N) is 2. The molecule has 0 radical (unpaired) electrons. The van der Waals surface area contributed by atoms with E-state index in [0.29, 0.717) is 12.8 Å². The molecule has 0 saturated heterocycles. The van der Waals surface area contributed by atoms with E-state index in [-0.39, 0.29) is 0 Å². The predicted octanol–water partition coefficient (Wildman–Crippen LogP) is 0.661. The minimum absolute atomic E-state index is 0.354. The van der Waals surface area contributed by atoms with Crippen LogP contribution in [0.5, 0.6) is 0 Å².